The predicted molar refractivity (Wildman–Crippen MR) is 91.1 cm³/mol. The van der Waals surface area contributed by atoms with Crippen LogP contribution in [0.2, 0.25) is 0 Å². The molecule has 3 aliphatic carbocycles. The number of anilines is 1. The van der Waals surface area contributed by atoms with Crippen molar-refractivity contribution in [3.63, 3.8) is 0 Å². The molecule has 1 N–H and O–H groups in total. The summed E-state index contributed by atoms with van der Waals surface area (Å²) in [4.78, 5) is 43.9. The fraction of sp³-hybridized carbons (Fsp3) is 0.474. The first-order valence-electron chi connectivity index (χ1n) is 8.88. The number of rotatable bonds is 4. The van der Waals surface area contributed by atoms with Crippen LogP contribution in [0.1, 0.15) is 26.2 Å². The van der Waals surface area contributed by atoms with E-state index in [4.69, 9.17) is 0 Å². The molecule has 1 aliphatic heterocycles. The molecule has 5 atom stereocenters. The normalized spacial score (nSPS) is 31.2. The minimum atomic E-state index is -0.773. The lowest BCUT2D eigenvalue weighted by Gasteiger charge is -2.38. The molecule has 0 unspecified atom stereocenters. The third kappa shape index (κ3) is 2.47. The first kappa shape index (κ1) is 16.0. The molecule has 2 heterocycles. The van der Waals surface area contributed by atoms with Gasteiger partial charge in [0.1, 0.15) is 6.04 Å². The number of amides is 3. The van der Waals surface area contributed by atoms with Crippen LogP contribution < -0.4 is 5.32 Å². The lowest BCUT2D eigenvalue weighted by molar-refractivity contribution is -0.146. The van der Waals surface area contributed by atoms with Crippen LogP contribution in [0.5, 0.6) is 0 Å². The molecule has 0 spiro atoms. The zero-order valence-electron chi connectivity index (χ0n) is 14.1. The molecular weight excluding hydrogens is 318 g/mol. The first-order chi connectivity index (χ1) is 12.1. The molecule has 3 amide bonds. The number of pyridine rings is 1. The van der Waals surface area contributed by atoms with E-state index in [9.17, 15) is 14.4 Å². The Bertz CT molecular complexity index is 714. The van der Waals surface area contributed by atoms with Gasteiger partial charge in [0.2, 0.25) is 17.7 Å². The van der Waals surface area contributed by atoms with Crippen molar-refractivity contribution in [3.8, 4) is 0 Å². The molecule has 6 nitrogen and oxygen atoms in total. The van der Waals surface area contributed by atoms with Gasteiger partial charge in [0, 0.05) is 6.20 Å². The van der Waals surface area contributed by atoms with Gasteiger partial charge in [-0.25, -0.2) is 0 Å². The van der Waals surface area contributed by atoms with E-state index in [0.717, 1.165) is 12.8 Å². The number of hydrogen-bond acceptors (Lipinski definition) is 4. The number of aromatic nitrogens is 1. The van der Waals surface area contributed by atoms with Crippen LogP contribution in [-0.2, 0) is 14.4 Å². The topological polar surface area (TPSA) is 79.4 Å². The number of carbonyl (C=O) groups excluding carboxylic acids is 3. The third-order valence-electron chi connectivity index (χ3n) is 5.72. The monoisotopic (exact) mass is 339 g/mol. The maximum absolute atomic E-state index is 13.0. The van der Waals surface area contributed by atoms with Gasteiger partial charge >= 0.3 is 0 Å². The van der Waals surface area contributed by atoms with E-state index in [2.05, 4.69) is 22.5 Å². The van der Waals surface area contributed by atoms with Crippen molar-refractivity contribution in [2.24, 2.45) is 23.7 Å². The average Bonchev–Trinajstić information content (AvgIpc) is 2.92. The summed E-state index contributed by atoms with van der Waals surface area (Å²) in [5, 5.41) is 2.77. The molecule has 5 rings (SSSR count). The number of nitrogens with one attached hydrogen (secondary N) is 1. The van der Waals surface area contributed by atoms with Crippen LogP contribution in [0.4, 0.5) is 5.69 Å². The number of fused-ring (bicyclic) bond motifs is 1. The maximum atomic E-state index is 13.0. The van der Waals surface area contributed by atoms with Crippen LogP contribution in [-0.4, -0.2) is 33.6 Å². The Balaban J connectivity index is 1.58. The summed E-state index contributed by atoms with van der Waals surface area (Å²) in [6, 6.07) is 2.68. The molecule has 1 saturated heterocycles. The molecule has 1 aromatic rings. The molecule has 25 heavy (non-hydrogen) atoms. The van der Waals surface area contributed by atoms with Gasteiger partial charge in [-0.05, 0) is 43.2 Å². The molecular formula is C19H21N3O3. The zero-order chi connectivity index (χ0) is 17.6. The SMILES string of the molecule is CC[C@@H](C(=O)Nc1cccnc1)N1C(=O)[C@@H]2[C@H](C1=O)[C@H]1C=C[C@H]2CC1. The Morgan fingerprint density at radius 3 is 2.36 bits per heavy atom. The summed E-state index contributed by atoms with van der Waals surface area (Å²) in [5.74, 6) is -0.987. The van der Waals surface area contributed by atoms with E-state index in [0.29, 0.717) is 12.1 Å². The van der Waals surface area contributed by atoms with E-state index >= 15 is 0 Å². The van der Waals surface area contributed by atoms with Crippen LogP contribution in [0.15, 0.2) is 36.7 Å². The van der Waals surface area contributed by atoms with E-state index in [-0.39, 0.29) is 41.4 Å². The van der Waals surface area contributed by atoms with Crippen molar-refractivity contribution in [2.75, 3.05) is 5.32 Å². The van der Waals surface area contributed by atoms with Crippen molar-refractivity contribution < 1.29 is 14.4 Å². The second-order valence-corrected chi connectivity index (χ2v) is 7.04. The number of likely N-dealkylation sites (tertiary alicyclic amines) is 1. The molecule has 1 saturated carbocycles. The van der Waals surface area contributed by atoms with Crippen molar-refractivity contribution in [1.82, 2.24) is 9.88 Å². The number of nitrogens with zero attached hydrogens (tertiary/aromatic N) is 2. The second kappa shape index (κ2) is 6.10. The highest BCUT2D eigenvalue weighted by Crippen LogP contribution is 2.50. The van der Waals surface area contributed by atoms with E-state index in [1.807, 2.05) is 6.92 Å². The molecule has 2 bridgehead atoms. The van der Waals surface area contributed by atoms with Gasteiger partial charge in [0.15, 0.2) is 0 Å². The van der Waals surface area contributed by atoms with Gasteiger partial charge in [0.05, 0.1) is 23.7 Å². The van der Waals surface area contributed by atoms with Crippen LogP contribution >= 0.6 is 0 Å². The Morgan fingerprint density at radius 2 is 1.88 bits per heavy atom. The number of allylic oxidation sites excluding steroid dienone is 2. The summed E-state index contributed by atoms with van der Waals surface area (Å²) in [5.41, 5.74) is 0.559. The minimum Gasteiger partial charge on any atom is -0.323 e. The van der Waals surface area contributed by atoms with Crippen molar-refractivity contribution in [2.45, 2.75) is 32.2 Å². The Morgan fingerprint density at radius 1 is 1.24 bits per heavy atom. The number of imide groups is 1. The van der Waals surface area contributed by atoms with Gasteiger partial charge < -0.3 is 5.32 Å². The number of hydrogen-bond donors (Lipinski definition) is 1. The fourth-order valence-electron chi connectivity index (χ4n) is 4.55. The van der Waals surface area contributed by atoms with E-state index in [1.54, 1.807) is 24.5 Å². The molecule has 1 aromatic heterocycles. The Kier molecular flexibility index (Phi) is 3.90. The van der Waals surface area contributed by atoms with Gasteiger partial charge in [-0.15, -0.1) is 0 Å². The van der Waals surface area contributed by atoms with Gasteiger partial charge in [-0.1, -0.05) is 19.1 Å². The van der Waals surface area contributed by atoms with Gasteiger partial charge in [-0.3, -0.25) is 24.3 Å². The number of carbonyl (C=O) groups is 3. The first-order valence-corrected chi connectivity index (χ1v) is 8.88. The van der Waals surface area contributed by atoms with Crippen molar-refractivity contribution in [3.05, 3.63) is 36.7 Å². The second-order valence-electron chi connectivity index (χ2n) is 7.04. The highest BCUT2D eigenvalue weighted by Gasteiger charge is 2.58. The van der Waals surface area contributed by atoms with Crippen molar-refractivity contribution in [1.29, 1.82) is 0 Å². The minimum absolute atomic E-state index is 0.135. The van der Waals surface area contributed by atoms with E-state index < -0.39 is 6.04 Å². The molecule has 0 aromatic carbocycles. The van der Waals surface area contributed by atoms with Gasteiger partial charge in [0.25, 0.3) is 0 Å². The Hall–Kier alpha value is -2.50. The zero-order valence-corrected chi connectivity index (χ0v) is 14.1. The van der Waals surface area contributed by atoms with E-state index in [1.165, 1.54) is 4.90 Å². The van der Waals surface area contributed by atoms with Crippen molar-refractivity contribution >= 4 is 23.4 Å². The average molecular weight is 339 g/mol. The van der Waals surface area contributed by atoms with Gasteiger partial charge in [-0.2, -0.15) is 0 Å². The molecule has 2 fully saturated rings. The largest absolute Gasteiger partial charge is 0.323 e. The highest BCUT2D eigenvalue weighted by atomic mass is 16.2. The fourth-order valence-corrected chi connectivity index (χ4v) is 4.55. The lowest BCUT2D eigenvalue weighted by Crippen LogP contribution is -2.47. The highest BCUT2D eigenvalue weighted by molar-refractivity contribution is 6.10. The standard InChI is InChI=1S/C19H21N3O3/c1-2-14(17(23)21-13-4-3-9-20-10-13)22-18(24)15-11-5-6-12(8-7-11)16(15)19(22)25/h3-6,9-12,14-16H,2,7-8H2,1H3,(H,21,23)/t11-,12-,14-,15-,16+/m0/s1. The molecule has 4 aliphatic rings. The quantitative estimate of drug-likeness (QED) is 0.672. The third-order valence-corrected chi connectivity index (χ3v) is 5.72. The molecule has 6 heteroatoms. The predicted octanol–water partition coefficient (Wildman–Crippen LogP) is 2.00. The lowest BCUT2D eigenvalue weighted by atomic mass is 9.63. The van der Waals surface area contributed by atoms with Crippen LogP contribution in [0, 0.1) is 23.7 Å². The summed E-state index contributed by atoms with van der Waals surface area (Å²) < 4.78 is 0. The summed E-state index contributed by atoms with van der Waals surface area (Å²) >= 11 is 0. The Labute approximate surface area is 146 Å². The van der Waals surface area contributed by atoms with Crippen LogP contribution in [0.25, 0.3) is 0 Å². The summed E-state index contributed by atoms with van der Waals surface area (Å²) in [6.07, 6.45) is 9.63. The smallest absolute Gasteiger partial charge is 0.247 e. The maximum Gasteiger partial charge on any atom is 0.247 e. The molecule has 0 radical (unpaired) electrons. The summed E-state index contributed by atoms with van der Waals surface area (Å²) in [7, 11) is 0. The molecule has 130 valence electrons. The summed E-state index contributed by atoms with van der Waals surface area (Å²) in [6.45, 7) is 1.82. The van der Waals surface area contributed by atoms with Crippen LogP contribution in [0.3, 0.4) is 0 Å².